The van der Waals surface area contributed by atoms with Gasteiger partial charge in [-0.2, -0.15) is 0 Å². The van der Waals surface area contributed by atoms with E-state index in [4.69, 9.17) is 13.3 Å². The van der Waals surface area contributed by atoms with Gasteiger partial charge in [0.2, 0.25) is 0 Å². The van der Waals surface area contributed by atoms with Crippen LogP contribution in [0.4, 0.5) is 0 Å². The van der Waals surface area contributed by atoms with Gasteiger partial charge in [0, 0.05) is 49.5 Å². The Morgan fingerprint density at radius 3 is 1.87 bits per heavy atom. The molecule has 12 aromatic rings. The first-order valence-corrected chi connectivity index (χ1v) is 18.0. The minimum absolute atomic E-state index is 0.363. The van der Waals surface area contributed by atoms with Crippen molar-refractivity contribution >= 4 is 87.4 Å². The van der Waals surface area contributed by atoms with Crippen molar-refractivity contribution in [2.24, 2.45) is 0 Å². The van der Waals surface area contributed by atoms with E-state index in [1.807, 2.05) is 66.7 Å². The van der Waals surface area contributed by atoms with E-state index in [9.17, 15) is 4.79 Å². The largest absolute Gasteiger partial charge is 0.456 e. The molecule has 5 heteroatoms. The number of nitrogens with zero attached hydrogens (tertiary/aromatic N) is 1. The minimum Gasteiger partial charge on any atom is -0.456 e. The molecular weight excluding hydrogens is 667 g/mol. The minimum atomic E-state index is -0.363. The standard InChI is InChI=1S/C49H27NO4/c51-49-40-24-30(32-13-8-16-45-48(32)36-12-5-7-15-44(36)52-45)18-20-33(40)35-21-17-29(25-46(35)54-49)28-19-22-41-37(23-28)38-26-39-34-11-4-6-14-43(34)53-47(39)27-42(38)50(41)31-9-2-1-3-10-31/h1-27H. The summed E-state index contributed by atoms with van der Waals surface area (Å²) in [7, 11) is 0. The number of benzene rings is 8. The van der Waals surface area contributed by atoms with Crippen molar-refractivity contribution in [2.45, 2.75) is 0 Å². The highest BCUT2D eigenvalue weighted by atomic mass is 16.4. The van der Waals surface area contributed by atoms with Gasteiger partial charge in [-0.1, -0.05) is 91.0 Å². The van der Waals surface area contributed by atoms with Gasteiger partial charge in [-0.05, 0) is 94.4 Å². The number of para-hydroxylation sites is 3. The highest BCUT2D eigenvalue weighted by molar-refractivity contribution is 6.18. The predicted octanol–water partition coefficient (Wildman–Crippen LogP) is 13.2. The molecule has 5 nitrogen and oxygen atoms in total. The van der Waals surface area contributed by atoms with Gasteiger partial charge in [-0.25, -0.2) is 4.79 Å². The van der Waals surface area contributed by atoms with Crippen LogP contribution in [0.1, 0.15) is 0 Å². The zero-order chi connectivity index (χ0) is 35.5. The molecule has 0 unspecified atom stereocenters. The molecule has 0 saturated heterocycles. The first-order valence-electron chi connectivity index (χ1n) is 18.0. The van der Waals surface area contributed by atoms with Crippen LogP contribution in [0, 0.1) is 0 Å². The fraction of sp³-hybridized carbons (Fsp3) is 0. The molecule has 54 heavy (non-hydrogen) atoms. The lowest BCUT2D eigenvalue weighted by atomic mass is 9.96. The summed E-state index contributed by atoms with van der Waals surface area (Å²) >= 11 is 0. The van der Waals surface area contributed by atoms with E-state index < -0.39 is 0 Å². The van der Waals surface area contributed by atoms with Crippen molar-refractivity contribution in [1.82, 2.24) is 4.57 Å². The Bertz CT molecular complexity index is 3580. The Labute approximate surface area is 306 Å². The molecule has 0 fully saturated rings. The summed E-state index contributed by atoms with van der Waals surface area (Å²) in [5.74, 6) is 0. The van der Waals surface area contributed by atoms with E-state index in [0.29, 0.717) is 11.0 Å². The van der Waals surface area contributed by atoms with E-state index in [1.165, 1.54) is 0 Å². The molecule has 0 N–H and O–H groups in total. The Balaban J connectivity index is 1.02. The average Bonchev–Trinajstić information content (AvgIpc) is 3.89. The van der Waals surface area contributed by atoms with Crippen LogP contribution in [0.5, 0.6) is 0 Å². The molecule has 252 valence electrons. The smallest absolute Gasteiger partial charge is 0.344 e. The number of rotatable bonds is 3. The fourth-order valence-electron chi connectivity index (χ4n) is 8.57. The molecule has 0 spiro atoms. The van der Waals surface area contributed by atoms with Crippen molar-refractivity contribution in [3.8, 4) is 27.9 Å². The number of hydrogen-bond donors (Lipinski definition) is 0. The van der Waals surface area contributed by atoms with E-state index >= 15 is 0 Å². The van der Waals surface area contributed by atoms with Gasteiger partial charge in [0.15, 0.2) is 0 Å². The third-order valence-electron chi connectivity index (χ3n) is 11.0. The summed E-state index contributed by atoms with van der Waals surface area (Å²) in [5, 5.41) is 8.85. The zero-order valence-electron chi connectivity index (χ0n) is 28.7. The van der Waals surface area contributed by atoms with Gasteiger partial charge in [-0.3, -0.25) is 0 Å². The summed E-state index contributed by atoms with van der Waals surface area (Å²) in [6.07, 6.45) is 0. The molecule has 4 aromatic heterocycles. The molecule has 0 atom stereocenters. The quantitative estimate of drug-likeness (QED) is 0.136. The lowest BCUT2D eigenvalue weighted by Gasteiger charge is -2.10. The topological polar surface area (TPSA) is 61.4 Å². The van der Waals surface area contributed by atoms with E-state index in [-0.39, 0.29) is 5.63 Å². The van der Waals surface area contributed by atoms with E-state index in [2.05, 4.69) is 102 Å². The van der Waals surface area contributed by atoms with Gasteiger partial charge in [-0.15, -0.1) is 0 Å². The van der Waals surface area contributed by atoms with Crippen LogP contribution in [-0.4, -0.2) is 4.57 Å². The number of fused-ring (bicyclic) bond motifs is 12. The fourth-order valence-corrected chi connectivity index (χ4v) is 8.57. The summed E-state index contributed by atoms with van der Waals surface area (Å²) < 4.78 is 20.9. The molecule has 0 amide bonds. The Morgan fingerprint density at radius 2 is 0.981 bits per heavy atom. The first kappa shape index (κ1) is 29.2. The SMILES string of the molecule is O=c1oc2cc(-c3ccc4c(c3)c3cc5c(cc3n4-c3ccccc3)oc3ccccc35)ccc2c2ccc(-c3cccc4oc5ccccc5c34)cc12. The maximum absolute atomic E-state index is 13.7. The third-order valence-corrected chi connectivity index (χ3v) is 11.0. The normalized spacial score (nSPS) is 12.1. The van der Waals surface area contributed by atoms with Crippen LogP contribution >= 0.6 is 0 Å². The number of furan rings is 2. The van der Waals surface area contributed by atoms with Crippen LogP contribution in [-0.2, 0) is 0 Å². The molecule has 0 saturated carbocycles. The second-order valence-corrected chi connectivity index (χ2v) is 14.0. The lowest BCUT2D eigenvalue weighted by molar-refractivity contribution is 0.570. The van der Waals surface area contributed by atoms with Crippen LogP contribution < -0.4 is 5.63 Å². The van der Waals surface area contributed by atoms with Crippen LogP contribution in [0.15, 0.2) is 182 Å². The molecule has 0 aliphatic carbocycles. The second-order valence-electron chi connectivity index (χ2n) is 14.0. The molecule has 4 heterocycles. The highest BCUT2D eigenvalue weighted by Gasteiger charge is 2.19. The lowest BCUT2D eigenvalue weighted by Crippen LogP contribution is -2.00. The van der Waals surface area contributed by atoms with Crippen molar-refractivity contribution in [1.29, 1.82) is 0 Å². The van der Waals surface area contributed by atoms with Crippen LogP contribution in [0.25, 0.3) is 115 Å². The van der Waals surface area contributed by atoms with Gasteiger partial charge in [0.25, 0.3) is 0 Å². The first-order chi connectivity index (χ1) is 26.7. The molecule has 0 bridgehead atoms. The maximum atomic E-state index is 13.7. The summed E-state index contributed by atoms with van der Waals surface area (Å²) in [6.45, 7) is 0. The summed E-state index contributed by atoms with van der Waals surface area (Å²) in [6, 6.07) is 56.0. The average molecular weight is 694 g/mol. The van der Waals surface area contributed by atoms with Crippen molar-refractivity contribution in [3.63, 3.8) is 0 Å². The van der Waals surface area contributed by atoms with Crippen molar-refractivity contribution in [3.05, 3.63) is 174 Å². The van der Waals surface area contributed by atoms with Gasteiger partial charge >= 0.3 is 5.63 Å². The summed E-state index contributed by atoms with van der Waals surface area (Å²) in [4.78, 5) is 13.7. The molecule has 0 radical (unpaired) electrons. The van der Waals surface area contributed by atoms with Crippen LogP contribution in [0.3, 0.4) is 0 Å². The van der Waals surface area contributed by atoms with Gasteiger partial charge in [0.1, 0.15) is 27.9 Å². The molecule has 8 aromatic carbocycles. The van der Waals surface area contributed by atoms with Gasteiger partial charge in [0.05, 0.1) is 16.4 Å². The van der Waals surface area contributed by atoms with E-state index in [1.54, 1.807) is 0 Å². The predicted molar refractivity (Wildman–Crippen MR) is 220 cm³/mol. The monoisotopic (exact) mass is 693 g/mol. The van der Waals surface area contributed by atoms with E-state index in [0.717, 1.165) is 104 Å². The molecule has 0 aliphatic rings. The molecular formula is C49H27NO4. The van der Waals surface area contributed by atoms with Crippen molar-refractivity contribution in [2.75, 3.05) is 0 Å². The highest BCUT2D eigenvalue weighted by Crippen LogP contribution is 2.41. The van der Waals surface area contributed by atoms with Gasteiger partial charge < -0.3 is 17.8 Å². The zero-order valence-corrected chi connectivity index (χ0v) is 28.7. The Hall–Kier alpha value is -7.37. The summed E-state index contributed by atoms with van der Waals surface area (Å²) in [5.41, 5.74) is 10.8. The number of hydrogen-bond acceptors (Lipinski definition) is 4. The van der Waals surface area contributed by atoms with Crippen molar-refractivity contribution < 1.29 is 13.3 Å². The van der Waals surface area contributed by atoms with Crippen LogP contribution in [0.2, 0.25) is 0 Å². The molecule has 0 aliphatic heterocycles. The third kappa shape index (κ3) is 4.12. The molecule has 12 rings (SSSR count). The Kier molecular flexibility index (Phi) is 5.86. The second kappa shape index (κ2) is 10.8. The Morgan fingerprint density at radius 1 is 0.352 bits per heavy atom. The number of aromatic nitrogens is 1. The maximum Gasteiger partial charge on any atom is 0.344 e.